The lowest BCUT2D eigenvalue weighted by Crippen LogP contribution is -2.30. The second-order valence-corrected chi connectivity index (χ2v) is 18.5. The van der Waals surface area contributed by atoms with Gasteiger partial charge in [-0.05, 0) is 89.9 Å². The summed E-state index contributed by atoms with van der Waals surface area (Å²) in [4.78, 5) is 25.5. The summed E-state index contributed by atoms with van der Waals surface area (Å²) >= 11 is 0. The normalized spacial score (nSPS) is 12.8. The molecule has 0 radical (unpaired) electrons. The van der Waals surface area contributed by atoms with Gasteiger partial charge in [-0.25, -0.2) is 0 Å². The average Bonchev–Trinajstić information content (AvgIpc) is 3.32. The van der Waals surface area contributed by atoms with E-state index in [-0.39, 0.29) is 25.2 Å². The fourth-order valence-corrected chi connectivity index (χ4v) is 7.76. The Hall–Kier alpha value is -2.92. The maximum Gasteiger partial charge on any atom is 0.306 e. The molecule has 0 aliphatic heterocycles. The number of esters is 2. The first-order valence-electron chi connectivity index (χ1n) is 28.1. The SMILES string of the molecule is CC/C=C\C/C=C\C/C=C\C/C=C\CCCOCC(COC(=O)CCCCCCCC/C=C\C/C=C\C/C=C\CCCCC)OC(=O)CCCCCCCCCCCCCCCCCCC. The third-order valence-corrected chi connectivity index (χ3v) is 11.9. The van der Waals surface area contributed by atoms with E-state index < -0.39 is 6.10 Å². The van der Waals surface area contributed by atoms with E-state index in [1.807, 2.05) is 0 Å². The maximum absolute atomic E-state index is 12.8. The van der Waals surface area contributed by atoms with Crippen molar-refractivity contribution in [3.63, 3.8) is 0 Å². The lowest BCUT2D eigenvalue weighted by Gasteiger charge is -2.18. The largest absolute Gasteiger partial charge is 0.462 e. The van der Waals surface area contributed by atoms with E-state index in [0.29, 0.717) is 19.4 Å². The van der Waals surface area contributed by atoms with Crippen molar-refractivity contribution >= 4 is 11.9 Å². The van der Waals surface area contributed by atoms with Crippen molar-refractivity contribution in [3.05, 3.63) is 85.1 Å². The molecule has 0 aromatic carbocycles. The van der Waals surface area contributed by atoms with E-state index in [4.69, 9.17) is 14.2 Å². The van der Waals surface area contributed by atoms with E-state index in [2.05, 4.69) is 106 Å². The number of ether oxygens (including phenoxy) is 3. The van der Waals surface area contributed by atoms with Crippen LogP contribution in [0, 0.1) is 0 Å². The topological polar surface area (TPSA) is 61.8 Å². The van der Waals surface area contributed by atoms with Gasteiger partial charge in [-0.2, -0.15) is 0 Å². The van der Waals surface area contributed by atoms with E-state index in [0.717, 1.165) is 89.9 Å². The smallest absolute Gasteiger partial charge is 0.306 e. The van der Waals surface area contributed by atoms with Gasteiger partial charge >= 0.3 is 11.9 Å². The Morgan fingerprint density at radius 2 is 0.682 bits per heavy atom. The molecule has 0 fully saturated rings. The van der Waals surface area contributed by atoms with Crippen LogP contribution in [0.5, 0.6) is 0 Å². The molecule has 0 aliphatic rings. The van der Waals surface area contributed by atoms with Gasteiger partial charge in [0.2, 0.25) is 0 Å². The number of carbonyl (C=O) groups excluding carboxylic acids is 2. The van der Waals surface area contributed by atoms with Gasteiger partial charge < -0.3 is 14.2 Å². The van der Waals surface area contributed by atoms with E-state index in [1.165, 1.54) is 141 Å². The molecule has 0 aromatic heterocycles. The Kier molecular flexibility index (Phi) is 53.9. The number of hydrogen-bond donors (Lipinski definition) is 0. The Labute approximate surface area is 409 Å². The third-order valence-electron chi connectivity index (χ3n) is 11.9. The lowest BCUT2D eigenvalue weighted by atomic mass is 10.0. The summed E-state index contributed by atoms with van der Waals surface area (Å²) in [5.74, 6) is -0.435. The first-order chi connectivity index (χ1) is 32.6. The van der Waals surface area contributed by atoms with Crippen LogP contribution < -0.4 is 0 Å². The molecule has 0 aromatic rings. The van der Waals surface area contributed by atoms with Crippen molar-refractivity contribution in [1.29, 1.82) is 0 Å². The fraction of sp³-hybridized carbons (Fsp3) is 0.738. The van der Waals surface area contributed by atoms with Gasteiger partial charge in [0, 0.05) is 19.4 Å². The molecule has 0 spiro atoms. The molecule has 0 heterocycles. The summed E-state index contributed by atoms with van der Waals surface area (Å²) in [6.45, 7) is 7.56. The molecule has 0 aliphatic carbocycles. The van der Waals surface area contributed by atoms with Crippen LogP contribution in [0.1, 0.15) is 265 Å². The maximum atomic E-state index is 12.8. The summed E-state index contributed by atoms with van der Waals surface area (Å²) in [6, 6.07) is 0. The Bertz CT molecular complexity index is 1220. The first kappa shape index (κ1) is 63.1. The molecular formula is C61H106O5. The third kappa shape index (κ3) is 53.7. The van der Waals surface area contributed by atoms with E-state index >= 15 is 0 Å². The average molecular weight is 920 g/mol. The molecular weight excluding hydrogens is 813 g/mol. The highest BCUT2D eigenvalue weighted by molar-refractivity contribution is 5.70. The Morgan fingerprint density at radius 3 is 1.12 bits per heavy atom. The molecule has 1 atom stereocenters. The molecule has 0 N–H and O–H groups in total. The minimum atomic E-state index is -0.572. The summed E-state index contributed by atoms with van der Waals surface area (Å²) in [7, 11) is 0. The van der Waals surface area contributed by atoms with Crippen molar-refractivity contribution in [3.8, 4) is 0 Å². The van der Waals surface area contributed by atoms with Gasteiger partial charge in [-0.3, -0.25) is 9.59 Å². The van der Waals surface area contributed by atoms with Gasteiger partial charge in [0.1, 0.15) is 6.61 Å². The molecule has 5 nitrogen and oxygen atoms in total. The number of unbranched alkanes of at least 4 members (excludes halogenated alkanes) is 26. The predicted molar refractivity (Wildman–Crippen MR) is 288 cm³/mol. The lowest BCUT2D eigenvalue weighted by molar-refractivity contribution is -0.163. The van der Waals surface area contributed by atoms with Crippen molar-refractivity contribution in [2.24, 2.45) is 0 Å². The van der Waals surface area contributed by atoms with Crippen LogP contribution in [0.2, 0.25) is 0 Å². The van der Waals surface area contributed by atoms with Gasteiger partial charge in [0.25, 0.3) is 0 Å². The van der Waals surface area contributed by atoms with Crippen LogP contribution in [0.25, 0.3) is 0 Å². The van der Waals surface area contributed by atoms with Crippen LogP contribution in [-0.4, -0.2) is 37.9 Å². The van der Waals surface area contributed by atoms with Crippen LogP contribution in [0.3, 0.4) is 0 Å². The summed E-state index contributed by atoms with van der Waals surface area (Å²) in [6.07, 6.45) is 74.7. The standard InChI is InChI=1S/C61H106O5/c1-4-7-10-13-16-19-22-25-28-30-31-33-34-36-39-42-45-48-51-54-60(62)65-58-59(57-64-56-53-50-47-44-41-38-27-24-21-18-15-12-9-6-3)66-61(63)55-52-49-46-43-40-37-35-32-29-26-23-20-17-14-11-8-5-2/h9,12,16,18-19,21,25,27-28,31,33,38,44,47,59H,4-8,10-11,13-15,17,20,22-24,26,29-30,32,34-37,39-43,45-46,48-58H2,1-3H3/b12-9-,19-16-,21-18-,28-25-,33-31-,38-27-,47-44-. The number of rotatable bonds is 51. The molecule has 0 saturated heterocycles. The predicted octanol–water partition coefficient (Wildman–Crippen LogP) is 19.2. The van der Waals surface area contributed by atoms with Crippen LogP contribution in [0.15, 0.2) is 85.1 Å². The molecule has 0 bridgehead atoms. The Balaban J connectivity index is 4.34. The zero-order chi connectivity index (χ0) is 47.7. The quantitative estimate of drug-likeness (QED) is 0.0346. The molecule has 66 heavy (non-hydrogen) atoms. The van der Waals surface area contributed by atoms with Gasteiger partial charge in [0.15, 0.2) is 6.10 Å². The van der Waals surface area contributed by atoms with Crippen molar-refractivity contribution in [2.45, 2.75) is 271 Å². The van der Waals surface area contributed by atoms with Crippen molar-refractivity contribution < 1.29 is 23.8 Å². The molecule has 0 amide bonds. The van der Waals surface area contributed by atoms with E-state index in [1.54, 1.807) is 0 Å². The van der Waals surface area contributed by atoms with Gasteiger partial charge in [-0.1, -0.05) is 247 Å². The van der Waals surface area contributed by atoms with Crippen molar-refractivity contribution in [2.75, 3.05) is 19.8 Å². The summed E-state index contributed by atoms with van der Waals surface area (Å²) in [5.41, 5.74) is 0. The molecule has 0 rings (SSSR count). The molecule has 5 heteroatoms. The number of allylic oxidation sites excluding steroid dienone is 14. The van der Waals surface area contributed by atoms with Gasteiger partial charge in [0.05, 0.1) is 6.61 Å². The zero-order valence-corrected chi connectivity index (χ0v) is 43.7. The van der Waals surface area contributed by atoms with E-state index in [9.17, 15) is 9.59 Å². The monoisotopic (exact) mass is 919 g/mol. The minimum Gasteiger partial charge on any atom is -0.462 e. The number of carbonyl (C=O) groups is 2. The second kappa shape index (κ2) is 56.4. The highest BCUT2D eigenvalue weighted by Crippen LogP contribution is 2.15. The number of hydrogen-bond acceptors (Lipinski definition) is 5. The summed E-state index contributed by atoms with van der Waals surface area (Å²) in [5, 5.41) is 0. The van der Waals surface area contributed by atoms with Crippen LogP contribution in [-0.2, 0) is 23.8 Å². The van der Waals surface area contributed by atoms with Crippen molar-refractivity contribution in [1.82, 2.24) is 0 Å². The zero-order valence-electron chi connectivity index (χ0n) is 43.7. The molecule has 1 unspecified atom stereocenters. The van der Waals surface area contributed by atoms with Gasteiger partial charge in [-0.15, -0.1) is 0 Å². The van der Waals surface area contributed by atoms with Crippen LogP contribution >= 0.6 is 0 Å². The second-order valence-electron chi connectivity index (χ2n) is 18.5. The highest BCUT2D eigenvalue weighted by atomic mass is 16.6. The first-order valence-corrected chi connectivity index (χ1v) is 28.1. The highest BCUT2D eigenvalue weighted by Gasteiger charge is 2.17. The Morgan fingerprint density at radius 1 is 0.348 bits per heavy atom. The fourth-order valence-electron chi connectivity index (χ4n) is 7.76. The molecule has 380 valence electrons. The minimum absolute atomic E-state index is 0.0555. The van der Waals surface area contributed by atoms with Crippen LogP contribution in [0.4, 0.5) is 0 Å². The summed E-state index contributed by atoms with van der Waals surface area (Å²) < 4.78 is 17.4. The molecule has 0 saturated carbocycles.